The number of nitrogens with zero attached hydrogens (tertiary/aromatic N) is 4. The van der Waals surface area contributed by atoms with E-state index in [0.29, 0.717) is 31.1 Å². The lowest BCUT2D eigenvalue weighted by Crippen LogP contribution is -2.46. The molecule has 9 heteroatoms. The van der Waals surface area contributed by atoms with Gasteiger partial charge in [-0.05, 0) is 37.0 Å². The van der Waals surface area contributed by atoms with Crippen LogP contribution >= 0.6 is 0 Å². The third-order valence-electron chi connectivity index (χ3n) is 5.87. The number of fused-ring (bicyclic) bond motifs is 1. The number of aromatic nitrogens is 2. The van der Waals surface area contributed by atoms with Crippen molar-refractivity contribution in [1.29, 1.82) is 0 Å². The molecule has 1 saturated heterocycles. The molecule has 1 aromatic heterocycles. The minimum absolute atomic E-state index is 0.0395. The van der Waals surface area contributed by atoms with E-state index in [0.717, 1.165) is 24.2 Å². The molecule has 2 atom stereocenters. The van der Waals surface area contributed by atoms with Gasteiger partial charge in [-0.2, -0.15) is 5.10 Å². The Bertz CT molecular complexity index is 983. The number of amides is 2. The smallest absolute Gasteiger partial charge is 0.227 e. The monoisotopic (exact) mass is 420 g/mol. The maximum atomic E-state index is 13.5. The SMILES string of the molecule is CC1CCC(=O)N(c2cnn3c2CN(C(=O)Cc2cc(F)c(F)c(F)c2)[C@@H](C)C3)C1. The van der Waals surface area contributed by atoms with Gasteiger partial charge in [0.2, 0.25) is 11.8 Å². The Labute approximate surface area is 172 Å². The van der Waals surface area contributed by atoms with Gasteiger partial charge in [0.05, 0.1) is 37.1 Å². The van der Waals surface area contributed by atoms with Crippen LogP contribution in [0.1, 0.15) is 37.9 Å². The number of hydrogen-bond acceptors (Lipinski definition) is 3. The summed E-state index contributed by atoms with van der Waals surface area (Å²) in [7, 11) is 0. The summed E-state index contributed by atoms with van der Waals surface area (Å²) in [5.41, 5.74) is 1.54. The molecule has 0 bridgehead atoms. The number of anilines is 1. The van der Waals surface area contributed by atoms with E-state index in [2.05, 4.69) is 12.0 Å². The van der Waals surface area contributed by atoms with Crippen molar-refractivity contribution in [3.05, 3.63) is 47.0 Å². The molecule has 2 aliphatic heterocycles. The highest BCUT2D eigenvalue weighted by atomic mass is 19.2. The summed E-state index contributed by atoms with van der Waals surface area (Å²) in [4.78, 5) is 28.7. The number of benzene rings is 1. The maximum Gasteiger partial charge on any atom is 0.227 e. The zero-order valence-corrected chi connectivity index (χ0v) is 16.9. The molecule has 1 unspecified atom stereocenters. The molecule has 2 amide bonds. The average molecular weight is 420 g/mol. The lowest BCUT2D eigenvalue weighted by molar-refractivity contribution is -0.134. The molecular formula is C21H23F3N4O2. The first-order chi connectivity index (χ1) is 14.2. The van der Waals surface area contributed by atoms with Gasteiger partial charge in [0.15, 0.2) is 17.5 Å². The van der Waals surface area contributed by atoms with E-state index < -0.39 is 17.5 Å². The summed E-state index contributed by atoms with van der Waals surface area (Å²) in [5, 5.41) is 4.40. The second-order valence-corrected chi connectivity index (χ2v) is 8.23. The Morgan fingerprint density at radius 2 is 1.87 bits per heavy atom. The first-order valence-electron chi connectivity index (χ1n) is 10.0. The Balaban J connectivity index is 1.56. The molecule has 30 heavy (non-hydrogen) atoms. The quantitative estimate of drug-likeness (QED) is 0.718. The number of piperidine rings is 1. The summed E-state index contributed by atoms with van der Waals surface area (Å²) < 4.78 is 42.0. The van der Waals surface area contributed by atoms with E-state index in [1.807, 2.05) is 6.92 Å². The largest absolute Gasteiger partial charge is 0.332 e. The average Bonchev–Trinajstić information content (AvgIpc) is 3.09. The Morgan fingerprint density at radius 1 is 1.17 bits per heavy atom. The fourth-order valence-corrected chi connectivity index (χ4v) is 4.17. The van der Waals surface area contributed by atoms with Gasteiger partial charge in [-0.25, -0.2) is 13.2 Å². The molecule has 0 saturated carbocycles. The molecule has 1 fully saturated rings. The second-order valence-electron chi connectivity index (χ2n) is 8.23. The summed E-state index contributed by atoms with van der Waals surface area (Å²) in [5.74, 6) is -4.10. The minimum atomic E-state index is -1.55. The molecule has 0 spiro atoms. The highest BCUT2D eigenvalue weighted by Crippen LogP contribution is 2.31. The van der Waals surface area contributed by atoms with E-state index in [-0.39, 0.29) is 36.4 Å². The van der Waals surface area contributed by atoms with Gasteiger partial charge in [0, 0.05) is 19.0 Å². The summed E-state index contributed by atoms with van der Waals surface area (Å²) in [6.45, 7) is 5.25. The van der Waals surface area contributed by atoms with Crippen LogP contribution < -0.4 is 4.90 Å². The predicted molar refractivity (Wildman–Crippen MR) is 103 cm³/mol. The van der Waals surface area contributed by atoms with E-state index in [9.17, 15) is 22.8 Å². The van der Waals surface area contributed by atoms with E-state index in [1.54, 1.807) is 20.7 Å². The summed E-state index contributed by atoms with van der Waals surface area (Å²) >= 11 is 0. The fourth-order valence-electron chi connectivity index (χ4n) is 4.17. The van der Waals surface area contributed by atoms with Crippen molar-refractivity contribution in [1.82, 2.24) is 14.7 Å². The molecule has 2 aliphatic rings. The number of carbonyl (C=O) groups is 2. The first-order valence-corrected chi connectivity index (χ1v) is 10.0. The standard InChI is InChI=1S/C21H23F3N4O2/c1-12-3-4-19(29)27(9-12)17-8-25-28-10-13(2)26(11-18(17)28)20(30)7-14-5-15(22)21(24)16(23)6-14/h5-6,8,12-13H,3-4,7,9-11H2,1-2H3/t12?,13-/m0/s1. The van der Waals surface area contributed by atoms with Crippen LogP contribution in [-0.2, 0) is 29.1 Å². The molecule has 4 rings (SSSR count). The van der Waals surface area contributed by atoms with Gasteiger partial charge in [-0.3, -0.25) is 14.3 Å². The van der Waals surface area contributed by atoms with Crippen LogP contribution in [-0.4, -0.2) is 39.1 Å². The molecule has 3 heterocycles. The van der Waals surface area contributed by atoms with Crippen LogP contribution in [0.2, 0.25) is 0 Å². The van der Waals surface area contributed by atoms with Crippen molar-refractivity contribution in [2.24, 2.45) is 5.92 Å². The Kier molecular flexibility index (Phi) is 5.29. The van der Waals surface area contributed by atoms with Gasteiger partial charge < -0.3 is 9.80 Å². The van der Waals surface area contributed by atoms with Gasteiger partial charge >= 0.3 is 0 Å². The number of halogens is 3. The van der Waals surface area contributed by atoms with Gasteiger partial charge in [0.1, 0.15) is 0 Å². The maximum absolute atomic E-state index is 13.5. The van der Waals surface area contributed by atoms with Crippen LogP contribution in [0, 0.1) is 23.4 Å². The number of hydrogen-bond donors (Lipinski definition) is 0. The van der Waals surface area contributed by atoms with Crippen LogP contribution in [0.25, 0.3) is 0 Å². The van der Waals surface area contributed by atoms with Gasteiger partial charge in [-0.15, -0.1) is 0 Å². The molecule has 0 radical (unpaired) electrons. The zero-order chi connectivity index (χ0) is 21.6. The van der Waals surface area contributed by atoms with Crippen molar-refractivity contribution in [2.45, 2.75) is 52.2 Å². The second kappa shape index (κ2) is 7.77. The van der Waals surface area contributed by atoms with E-state index >= 15 is 0 Å². The first kappa shape index (κ1) is 20.4. The zero-order valence-electron chi connectivity index (χ0n) is 16.9. The molecule has 0 N–H and O–H groups in total. The van der Waals surface area contributed by atoms with Gasteiger partial charge in [0.25, 0.3) is 0 Å². The lowest BCUT2D eigenvalue weighted by atomic mass is 9.99. The highest BCUT2D eigenvalue weighted by molar-refractivity contribution is 5.94. The topological polar surface area (TPSA) is 58.4 Å². The van der Waals surface area contributed by atoms with Crippen LogP contribution in [0.5, 0.6) is 0 Å². The normalized spacial score (nSPS) is 21.7. The summed E-state index contributed by atoms with van der Waals surface area (Å²) in [6.07, 6.45) is 2.75. The van der Waals surface area contributed by atoms with Crippen molar-refractivity contribution < 1.29 is 22.8 Å². The molecular weight excluding hydrogens is 397 g/mol. The third kappa shape index (κ3) is 3.68. The fraction of sp³-hybridized carbons (Fsp3) is 0.476. The Hall–Kier alpha value is -2.84. The van der Waals surface area contributed by atoms with E-state index in [4.69, 9.17) is 0 Å². The predicted octanol–water partition coefficient (Wildman–Crippen LogP) is 3.04. The van der Waals surface area contributed by atoms with Crippen LogP contribution in [0.3, 0.4) is 0 Å². The molecule has 160 valence electrons. The molecule has 2 aromatic rings. The van der Waals surface area contributed by atoms with Gasteiger partial charge in [-0.1, -0.05) is 6.92 Å². The number of rotatable bonds is 3. The highest BCUT2D eigenvalue weighted by Gasteiger charge is 2.33. The Morgan fingerprint density at radius 3 is 2.57 bits per heavy atom. The minimum Gasteiger partial charge on any atom is -0.332 e. The molecule has 1 aromatic carbocycles. The van der Waals surface area contributed by atoms with Crippen molar-refractivity contribution in [3.63, 3.8) is 0 Å². The summed E-state index contributed by atoms with van der Waals surface area (Å²) in [6, 6.07) is 1.49. The van der Waals surface area contributed by atoms with Crippen molar-refractivity contribution in [2.75, 3.05) is 11.4 Å². The number of carbonyl (C=O) groups excluding carboxylic acids is 2. The molecule has 0 aliphatic carbocycles. The van der Waals surface area contributed by atoms with E-state index in [1.165, 1.54) is 0 Å². The third-order valence-corrected chi connectivity index (χ3v) is 5.87. The van der Waals surface area contributed by atoms with Crippen molar-refractivity contribution >= 4 is 17.5 Å². The van der Waals surface area contributed by atoms with Crippen LogP contribution in [0.4, 0.5) is 18.9 Å². The molecule has 6 nitrogen and oxygen atoms in total. The van der Waals surface area contributed by atoms with Crippen molar-refractivity contribution in [3.8, 4) is 0 Å². The van der Waals surface area contributed by atoms with Crippen LogP contribution in [0.15, 0.2) is 18.3 Å². The lowest BCUT2D eigenvalue weighted by Gasteiger charge is -2.36.